The van der Waals surface area contributed by atoms with Gasteiger partial charge in [-0.3, -0.25) is 9.20 Å². The molecule has 0 radical (unpaired) electrons. The molecule has 0 aliphatic heterocycles. The van der Waals surface area contributed by atoms with Crippen molar-refractivity contribution >= 4 is 28.9 Å². The number of fused-ring (bicyclic) bond motifs is 3. The van der Waals surface area contributed by atoms with Gasteiger partial charge in [-0.25, -0.2) is 9.67 Å². The fourth-order valence-electron chi connectivity index (χ4n) is 2.68. The number of benzene rings is 2. The number of rotatable bonds is 2. The average Bonchev–Trinajstić information content (AvgIpc) is 2.97. The van der Waals surface area contributed by atoms with Crippen LogP contribution in [0.5, 0.6) is 5.75 Å². The number of aromatic amines is 1. The van der Waals surface area contributed by atoms with Gasteiger partial charge >= 0.3 is 0 Å². The number of para-hydroxylation sites is 1. The van der Waals surface area contributed by atoms with E-state index in [0.717, 1.165) is 11.3 Å². The van der Waals surface area contributed by atoms with Gasteiger partial charge in [0.15, 0.2) is 0 Å². The van der Waals surface area contributed by atoms with Crippen molar-refractivity contribution in [2.75, 3.05) is 7.11 Å². The normalized spacial score (nSPS) is 11.2. The number of hydrogen-bond acceptors (Lipinski definition) is 4. The van der Waals surface area contributed by atoms with E-state index < -0.39 is 0 Å². The highest BCUT2D eigenvalue weighted by Crippen LogP contribution is 2.18. The van der Waals surface area contributed by atoms with Gasteiger partial charge in [0.1, 0.15) is 5.75 Å². The predicted molar refractivity (Wildman–Crippen MR) is 90.0 cm³/mol. The lowest BCUT2D eigenvalue weighted by Crippen LogP contribution is -2.21. The van der Waals surface area contributed by atoms with E-state index in [-0.39, 0.29) is 5.56 Å². The van der Waals surface area contributed by atoms with E-state index in [2.05, 4.69) is 10.2 Å². The van der Waals surface area contributed by atoms with Gasteiger partial charge in [0.2, 0.25) is 10.5 Å². The molecule has 0 saturated heterocycles. The molecule has 23 heavy (non-hydrogen) atoms. The molecule has 114 valence electrons. The fourth-order valence-corrected chi connectivity index (χ4v) is 2.91. The first-order chi connectivity index (χ1) is 11.2. The van der Waals surface area contributed by atoms with E-state index in [0.29, 0.717) is 21.6 Å². The zero-order chi connectivity index (χ0) is 16.0. The summed E-state index contributed by atoms with van der Waals surface area (Å²) in [5.74, 6) is 1.17. The molecule has 6 nitrogen and oxygen atoms in total. The smallest absolute Gasteiger partial charge is 0.267 e. The van der Waals surface area contributed by atoms with Crippen LogP contribution in [0.15, 0.2) is 53.3 Å². The molecular weight excluding hydrogens is 312 g/mol. The molecule has 0 atom stereocenters. The summed E-state index contributed by atoms with van der Waals surface area (Å²) in [5.41, 5.74) is 1.28. The van der Waals surface area contributed by atoms with Crippen molar-refractivity contribution in [2.24, 2.45) is 0 Å². The molecular formula is C16H12N4O2S. The van der Waals surface area contributed by atoms with E-state index in [4.69, 9.17) is 17.0 Å². The van der Waals surface area contributed by atoms with E-state index in [1.54, 1.807) is 29.7 Å². The van der Waals surface area contributed by atoms with Crippen molar-refractivity contribution in [1.29, 1.82) is 0 Å². The fraction of sp³-hybridized carbons (Fsp3) is 0.0625. The number of nitrogens with zero attached hydrogens (tertiary/aromatic N) is 3. The molecule has 0 aliphatic rings. The molecule has 0 saturated carbocycles. The maximum Gasteiger partial charge on any atom is 0.267 e. The summed E-state index contributed by atoms with van der Waals surface area (Å²) >= 11 is 5.32. The Hall–Kier alpha value is -2.93. The zero-order valence-corrected chi connectivity index (χ0v) is 13.0. The standard InChI is InChI=1S/C16H12N4O2S/c1-22-11-8-6-10(7-9-11)19-14(21)12-4-2-3-5-13(12)20-15(19)17-18-16(20)23/h2-9H,1H3,(H,18,23). The van der Waals surface area contributed by atoms with E-state index >= 15 is 0 Å². The Morgan fingerprint density at radius 2 is 1.87 bits per heavy atom. The highest BCUT2D eigenvalue weighted by Gasteiger charge is 2.14. The van der Waals surface area contributed by atoms with Crippen LogP contribution in [0.2, 0.25) is 0 Å². The van der Waals surface area contributed by atoms with Gasteiger partial charge in [0.05, 0.1) is 23.7 Å². The number of hydrogen-bond donors (Lipinski definition) is 1. The molecule has 7 heteroatoms. The summed E-state index contributed by atoms with van der Waals surface area (Å²) in [5, 5.41) is 7.56. The topological polar surface area (TPSA) is 64.3 Å². The van der Waals surface area contributed by atoms with Crippen LogP contribution in [0.4, 0.5) is 0 Å². The van der Waals surface area contributed by atoms with Gasteiger partial charge < -0.3 is 4.74 Å². The Morgan fingerprint density at radius 1 is 1.13 bits per heavy atom. The largest absolute Gasteiger partial charge is 0.497 e. The molecule has 0 unspecified atom stereocenters. The van der Waals surface area contributed by atoms with Gasteiger partial charge in [-0.05, 0) is 48.6 Å². The van der Waals surface area contributed by atoms with Crippen LogP contribution in [0, 0.1) is 4.77 Å². The third-order valence-corrected chi connectivity index (χ3v) is 4.04. The second kappa shape index (κ2) is 5.06. The maximum absolute atomic E-state index is 12.9. The monoisotopic (exact) mass is 324 g/mol. The highest BCUT2D eigenvalue weighted by molar-refractivity contribution is 7.71. The zero-order valence-electron chi connectivity index (χ0n) is 12.2. The minimum absolute atomic E-state index is 0.146. The van der Waals surface area contributed by atoms with Crippen LogP contribution in [0.3, 0.4) is 0 Å². The minimum Gasteiger partial charge on any atom is -0.497 e. The maximum atomic E-state index is 12.9. The molecule has 4 rings (SSSR count). The lowest BCUT2D eigenvalue weighted by Gasteiger charge is -2.10. The molecule has 0 bridgehead atoms. The average molecular weight is 324 g/mol. The molecule has 0 fully saturated rings. The van der Waals surface area contributed by atoms with Crippen LogP contribution < -0.4 is 10.3 Å². The first kappa shape index (κ1) is 13.7. The third kappa shape index (κ3) is 1.97. The first-order valence-corrected chi connectivity index (χ1v) is 7.37. The summed E-state index contributed by atoms with van der Waals surface area (Å²) < 4.78 is 8.91. The molecule has 4 aromatic rings. The second-order valence-electron chi connectivity index (χ2n) is 5.02. The summed E-state index contributed by atoms with van der Waals surface area (Å²) in [7, 11) is 1.60. The highest BCUT2D eigenvalue weighted by atomic mass is 32.1. The summed E-state index contributed by atoms with van der Waals surface area (Å²) in [4.78, 5) is 12.9. The third-order valence-electron chi connectivity index (χ3n) is 3.76. The molecule has 2 aromatic carbocycles. The SMILES string of the molecule is COc1ccc(-n2c(=O)c3ccccc3n3c(=S)[nH]nc23)cc1. The lowest BCUT2D eigenvalue weighted by molar-refractivity contribution is 0.414. The van der Waals surface area contributed by atoms with Gasteiger partial charge in [0, 0.05) is 0 Å². The van der Waals surface area contributed by atoms with E-state index in [1.165, 1.54) is 4.57 Å². The van der Waals surface area contributed by atoms with Crippen molar-refractivity contribution in [3.05, 3.63) is 63.7 Å². The Labute approximate surface area is 135 Å². The van der Waals surface area contributed by atoms with Crippen LogP contribution in [-0.4, -0.2) is 26.3 Å². The number of ether oxygens (including phenoxy) is 1. The first-order valence-electron chi connectivity index (χ1n) is 6.96. The van der Waals surface area contributed by atoms with Crippen molar-refractivity contribution in [3.8, 4) is 11.4 Å². The Kier molecular flexibility index (Phi) is 3.02. The lowest BCUT2D eigenvalue weighted by atomic mass is 10.2. The Bertz CT molecular complexity index is 1140. The number of H-pyrrole nitrogens is 1. The summed E-state index contributed by atoms with van der Waals surface area (Å²) in [6.45, 7) is 0. The molecule has 2 heterocycles. The van der Waals surface area contributed by atoms with Gasteiger partial charge in [-0.1, -0.05) is 12.1 Å². The van der Waals surface area contributed by atoms with Gasteiger partial charge in [-0.15, -0.1) is 5.10 Å². The molecule has 0 aliphatic carbocycles. The number of methoxy groups -OCH3 is 1. The molecule has 2 aromatic heterocycles. The van der Waals surface area contributed by atoms with Crippen molar-refractivity contribution < 1.29 is 4.74 Å². The van der Waals surface area contributed by atoms with E-state index in [1.807, 2.05) is 30.3 Å². The molecule has 1 N–H and O–H groups in total. The molecule has 0 amide bonds. The van der Waals surface area contributed by atoms with Crippen molar-refractivity contribution in [3.63, 3.8) is 0 Å². The predicted octanol–water partition coefficient (Wildman–Crippen LogP) is 2.70. The van der Waals surface area contributed by atoms with Crippen LogP contribution in [0.1, 0.15) is 0 Å². The van der Waals surface area contributed by atoms with Crippen LogP contribution in [-0.2, 0) is 0 Å². The van der Waals surface area contributed by atoms with Gasteiger partial charge in [0.25, 0.3) is 5.56 Å². The number of aromatic nitrogens is 4. The Balaban J connectivity index is 2.18. The van der Waals surface area contributed by atoms with Crippen LogP contribution in [0.25, 0.3) is 22.4 Å². The second-order valence-corrected chi connectivity index (χ2v) is 5.41. The van der Waals surface area contributed by atoms with Gasteiger partial charge in [-0.2, -0.15) is 0 Å². The minimum atomic E-state index is -0.146. The summed E-state index contributed by atoms with van der Waals surface area (Å²) in [6, 6.07) is 14.6. The van der Waals surface area contributed by atoms with Crippen molar-refractivity contribution in [2.45, 2.75) is 0 Å². The summed E-state index contributed by atoms with van der Waals surface area (Å²) in [6.07, 6.45) is 0. The van der Waals surface area contributed by atoms with E-state index in [9.17, 15) is 4.79 Å². The molecule has 0 spiro atoms. The number of nitrogens with one attached hydrogen (secondary N) is 1. The van der Waals surface area contributed by atoms with Crippen molar-refractivity contribution in [1.82, 2.24) is 19.2 Å². The quantitative estimate of drug-likeness (QED) is 0.576. The Morgan fingerprint density at radius 3 is 2.61 bits per heavy atom. The van der Waals surface area contributed by atoms with Crippen LogP contribution >= 0.6 is 12.2 Å².